The Hall–Kier alpha value is -6.88. The summed E-state index contributed by atoms with van der Waals surface area (Å²) in [7, 11) is -3.59. The Morgan fingerprint density at radius 2 is 1.62 bits per heavy atom. The minimum Gasteiger partial charge on any atom is -0.491 e. The number of halogens is 3. The van der Waals surface area contributed by atoms with E-state index in [0.717, 1.165) is 17.2 Å². The number of imide groups is 1. The molecule has 1 aromatic heterocycles. The van der Waals surface area contributed by atoms with E-state index in [-0.39, 0.29) is 91.0 Å². The number of ether oxygens (including phenoxy) is 3. The number of aromatic nitrogens is 2. The Bertz CT molecular complexity index is 2630. The van der Waals surface area contributed by atoms with Crippen LogP contribution in [0.5, 0.6) is 11.5 Å². The summed E-state index contributed by atoms with van der Waals surface area (Å²) < 4.78 is 85.2. The Balaban J connectivity index is 1.05. The molecule has 336 valence electrons. The fraction of sp³-hybridized carbons (Fsp3) is 0.364. The Morgan fingerprint density at radius 3 is 2.33 bits per heavy atom. The van der Waals surface area contributed by atoms with Gasteiger partial charge in [-0.2, -0.15) is 18.4 Å². The van der Waals surface area contributed by atoms with E-state index in [1.54, 1.807) is 44.2 Å². The normalized spacial score (nSPS) is 16.0. The summed E-state index contributed by atoms with van der Waals surface area (Å²) in [5.41, 5.74) is -1.33. The van der Waals surface area contributed by atoms with Crippen molar-refractivity contribution >= 4 is 51.1 Å². The van der Waals surface area contributed by atoms with Crippen molar-refractivity contribution in [3.8, 4) is 17.6 Å². The van der Waals surface area contributed by atoms with Crippen molar-refractivity contribution in [2.75, 3.05) is 29.5 Å². The molecule has 0 saturated heterocycles. The molecule has 20 heteroatoms. The van der Waals surface area contributed by atoms with Gasteiger partial charge in [0.15, 0.2) is 5.78 Å². The molecule has 2 aliphatic rings. The molecule has 4 aromatic rings. The van der Waals surface area contributed by atoms with Gasteiger partial charge >= 0.3 is 12.3 Å². The van der Waals surface area contributed by atoms with Crippen molar-refractivity contribution < 1.29 is 59.8 Å². The lowest BCUT2D eigenvalue weighted by atomic mass is 9.77. The van der Waals surface area contributed by atoms with E-state index in [0.29, 0.717) is 36.3 Å². The topological polar surface area (TPSA) is 224 Å². The molecule has 0 spiro atoms. The quantitative estimate of drug-likeness (QED) is 0.0951. The lowest BCUT2D eigenvalue weighted by Crippen LogP contribution is -2.45. The van der Waals surface area contributed by atoms with E-state index in [2.05, 4.69) is 20.0 Å². The van der Waals surface area contributed by atoms with E-state index < -0.39 is 56.9 Å². The predicted octanol–water partition coefficient (Wildman–Crippen LogP) is 7.12. The van der Waals surface area contributed by atoms with Crippen LogP contribution in [0.2, 0.25) is 0 Å². The fourth-order valence-corrected chi connectivity index (χ4v) is 7.67. The Labute approximate surface area is 366 Å². The highest BCUT2D eigenvalue weighted by molar-refractivity contribution is 7.92. The number of anilines is 2. The van der Waals surface area contributed by atoms with Crippen molar-refractivity contribution in [2.24, 2.45) is 0 Å². The van der Waals surface area contributed by atoms with Gasteiger partial charge in [0.05, 0.1) is 53.5 Å². The summed E-state index contributed by atoms with van der Waals surface area (Å²) in [6.07, 6.45) is -2.05. The first-order valence-corrected chi connectivity index (χ1v) is 22.0. The standard InChI is InChI=1S/C44H43F3N6O10S/c1-43(2,27-9-13-32(14-10-27)63-25-30-17-18-49-41(50-30)52-64(3,59)60)28-21-26(24-48)38(35(22-28)44(45,46)47)61-19-6-20-62-42(58)51-29-11-15-33-34(23-29)40(57)53(39(33)56)36-16-12-31(54)7-4-5-8-37(36)55/h9-11,13-15,17-18,21-23,36H,4-8,12,16,19-20,25H2,1-3H3,(H,51,58)(H,49,50,52). The van der Waals surface area contributed by atoms with Crippen LogP contribution >= 0.6 is 0 Å². The zero-order valence-corrected chi connectivity index (χ0v) is 35.7. The number of hydrogen-bond acceptors (Lipinski definition) is 13. The van der Waals surface area contributed by atoms with E-state index in [1.807, 2.05) is 0 Å². The summed E-state index contributed by atoms with van der Waals surface area (Å²) in [4.78, 5) is 73.2. The molecule has 1 atom stereocenters. The maximum absolute atomic E-state index is 14.5. The number of nitriles is 1. The zero-order valence-electron chi connectivity index (χ0n) is 34.9. The van der Waals surface area contributed by atoms with Crippen molar-refractivity contribution in [3.05, 3.63) is 106 Å². The number of benzene rings is 3. The first-order chi connectivity index (χ1) is 30.2. The second kappa shape index (κ2) is 19.2. The van der Waals surface area contributed by atoms with Gasteiger partial charge in [0.25, 0.3) is 11.8 Å². The van der Waals surface area contributed by atoms with Gasteiger partial charge in [-0.25, -0.2) is 23.2 Å². The maximum Gasteiger partial charge on any atom is 0.420 e. The average molecular weight is 905 g/mol. The molecular weight excluding hydrogens is 862 g/mol. The molecule has 1 aliphatic heterocycles. The maximum atomic E-state index is 14.5. The number of ketones is 2. The van der Waals surface area contributed by atoms with Crippen LogP contribution in [0.1, 0.15) is 107 Å². The molecule has 3 amide bonds. The van der Waals surface area contributed by atoms with Gasteiger partial charge in [0, 0.05) is 43.0 Å². The number of rotatable bonds is 14. The van der Waals surface area contributed by atoms with Crippen LogP contribution in [-0.2, 0) is 42.5 Å². The molecule has 64 heavy (non-hydrogen) atoms. The summed E-state index contributed by atoms with van der Waals surface area (Å²) in [6.45, 7) is 2.68. The van der Waals surface area contributed by atoms with Gasteiger partial charge in [0.2, 0.25) is 16.0 Å². The molecule has 1 saturated carbocycles. The predicted molar refractivity (Wildman–Crippen MR) is 223 cm³/mol. The van der Waals surface area contributed by atoms with Crippen molar-refractivity contribution in [1.82, 2.24) is 14.9 Å². The van der Waals surface area contributed by atoms with Gasteiger partial charge in [0.1, 0.15) is 30.0 Å². The number of carbonyl (C=O) groups is 5. The summed E-state index contributed by atoms with van der Waals surface area (Å²) in [6, 6.07) is 15.0. The van der Waals surface area contributed by atoms with Crippen LogP contribution in [-0.4, -0.2) is 78.3 Å². The number of Topliss-reactive ketones (excluding diaryl/α,β-unsaturated/α-hetero) is 2. The van der Waals surface area contributed by atoms with Crippen LogP contribution in [0.15, 0.2) is 66.9 Å². The minimum atomic E-state index is -4.92. The highest BCUT2D eigenvalue weighted by atomic mass is 32.2. The third-order valence-corrected chi connectivity index (χ3v) is 11.2. The average Bonchev–Trinajstić information content (AvgIpc) is 3.51. The molecule has 1 fully saturated rings. The molecule has 16 nitrogen and oxygen atoms in total. The number of amides is 3. The van der Waals surface area contributed by atoms with Gasteiger partial charge in [-0.15, -0.1) is 0 Å². The Kier molecular flexibility index (Phi) is 14.0. The third kappa shape index (κ3) is 11.2. The Morgan fingerprint density at radius 1 is 0.906 bits per heavy atom. The van der Waals surface area contributed by atoms with E-state index >= 15 is 0 Å². The van der Waals surface area contributed by atoms with Crippen LogP contribution in [0, 0.1) is 11.3 Å². The van der Waals surface area contributed by atoms with E-state index in [1.165, 1.54) is 36.5 Å². The number of carbonyl (C=O) groups excluding carboxylic acids is 5. The molecule has 6 rings (SSSR count). The van der Waals surface area contributed by atoms with Gasteiger partial charge < -0.3 is 14.2 Å². The van der Waals surface area contributed by atoms with Crippen LogP contribution < -0.4 is 19.5 Å². The SMILES string of the molecule is CC(C)(c1ccc(OCc2ccnc(NS(C)(=O)=O)n2)cc1)c1cc(C#N)c(OCCCOC(=O)Nc2ccc3c(c2)C(=O)N(C2CCC(=O)CCCCC2=O)C3=O)c(C(F)(F)F)c1. The fourth-order valence-electron chi connectivity index (χ4n) is 7.24. The van der Waals surface area contributed by atoms with Crippen LogP contribution in [0.3, 0.4) is 0 Å². The second-order valence-electron chi connectivity index (χ2n) is 15.7. The molecule has 1 unspecified atom stereocenters. The highest BCUT2D eigenvalue weighted by Crippen LogP contribution is 2.43. The minimum absolute atomic E-state index is 0.0320. The molecular formula is C44H43F3N6O10S. The smallest absolute Gasteiger partial charge is 0.420 e. The van der Waals surface area contributed by atoms with Crippen molar-refractivity contribution in [1.29, 1.82) is 5.26 Å². The first-order valence-electron chi connectivity index (χ1n) is 20.1. The third-order valence-electron chi connectivity index (χ3n) is 10.6. The monoisotopic (exact) mass is 904 g/mol. The molecule has 2 N–H and O–H groups in total. The summed E-state index contributed by atoms with van der Waals surface area (Å²) in [5, 5.41) is 12.4. The van der Waals surface area contributed by atoms with Gasteiger partial charge in [-0.05, 0) is 78.9 Å². The second-order valence-corrected chi connectivity index (χ2v) is 17.4. The molecule has 0 bridgehead atoms. The van der Waals surface area contributed by atoms with E-state index in [4.69, 9.17) is 14.2 Å². The van der Waals surface area contributed by atoms with Crippen LogP contribution in [0.25, 0.3) is 0 Å². The largest absolute Gasteiger partial charge is 0.491 e. The summed E-state index contributed by atoms with van der Waals surface area (Å²) in [5.74, 6) is -2.16. The zero-order chi connectivity index (χ0) is 46.4. The molecule has 1 aliphatic carbocycles. The lowest BCUT2D eigenvalue weighted by molar-refractivity contribution is -0.139. The van der Waals surface area contributed by atoms with Gasteiger partial charge in [-0.3, -0.25) is 34.1 Å². The van der Waals surface area contributed by atoms with Crippen molar-refractivity contribution in [3.63, 3.8) is 0 Å². The summed E-state index contributed by atoms with van der Waals surface area (Å²) >= 11 is 0. The van der Waals surface area contributed by atoms with Crippen LogP contribution in [0.4, 0.5) is 29.6 Å². The first kappa shape index (κ1) is 46.6. The number of alkyl halides is 3. The number of nitrogens with zero attached hydrogens (tertiary/aromatic N) is 4. The highest BCUT2D eigenvalue weighted by Gasteiger charge is 2.43. The lowest BCUT2D eigenvalue weighted by Gasteiger charge is -2.28. The molecule has 0 radical (unpaired) electrons. The number of nitrogens with one attached hydrogen (secondary N) is 2. The number of fused-ring (bicyclic) bond motifs is 1. The number of sulfonamides is 1. The molecule has 3 aromatic carbocycles. The van der Waals surface area contributed by atoms with E-state index in [9.17, 15) is 50.8 Å². The molecule has 2 heterocycles. The number of hydrogen-bond donors (Lipinski definition) is 2. The van der Waals surface area contributed by atoms with Crippen molar-refractivity contribution in [2.45, 2.75) is 83.0 Å². The van der Waals surface area contributed by atoms with Gasteiger partial charge in [-0.1, -0.05) is 26.0 Å².